The van der Waals surface area contributed by atoms with Crippen molar-refractivity contribution in [2.75, 3.05) is 5.32 Å². The Morgan fingerprint density at radius 1 is 1.32 bits per heavy atom. The summed E-state index contributed by atoms with van der Waals surface area (Å²) in [5, 5.41) is 17.2. The number of tetrazole rings is 1. The van der Waals surface area contributed by atoms with Crippen LogP contribution in [0.4, 0.5) is 5.95 Å². The summed E-state index contributed by atoms with van der Waals surface area (Å²) in [7, 11) is 0. The van der Waals surface area contributed by atoms with E-state index in [0.717, 1.165) is 12.0 Å². The maximum absolute atomic E-state index is 11.9. The van der Waals surface area contributed by atoms with Gasteiger partial charge in [-0.25, -0.2) is 0 Å². The van der Waals surface area contributed by atoms with Crippen LogP contribution in [0.15, 0.2) is 30.3 Å². The first kappa shape index (κ1) is 18.7. The number of thiocarbonyl (C=S) groups is 1. The van der Waals surface area contributed by atoms with E-state index < -0.39 is 0 Å². The van der Waals surface area contributed by atoms with Crippen LogP contribution >= 0.6 is 12.2 Å². The highest BCUT2D eigenvalue weighted by Gasteiger charge is 2.06. The van der Waals surface area contributed by atoms with Gasteiger partial charge in [0.1, 0.15) is 0 Å². The summed E-state index contributed by atoms with van der Waals surface area (Å²) in [5.74, 6) is 0.409. The first-order chi connectivity index (χ1) is 12.0. The highest BCUT2D eigenvalue weighted by molar-refractivity contribution is 7.80. The highest BCUT2D eigenvalue weighted by atomic mass is 32.1. The number of anilines is 1. The molecule has 1 heterocycles. The van der Waals surface area contributed by atoms with Crippen molar-refractivity contribution >= 4 is 35.3 Å². The summed E-state index contributed by atoms with van der Waals surface area (Å²) in [4.78, 5) is 13.4. The number of aryl methyl sites for hydroxylation is 1. The number of nitrogens with one attached hydrogen (secondary N) is 2. The van der Waals surface area contributed by atoms with E-state index in [9.17, 15) is 4.79 Å². The van der Waals surface area contributed by atoms with Crippen molar-refractivity contribution in [1.29, 1.82) is 0 Å². The molecule has 1 aromatic carbocycles. The maximum Gasteiger partial charge on any atom is 0.269 e. The monoisotopic (exact) mass is 358 g/mol. The van der Waals surface area contributed by atoms with Crippen LogP contribution in [0.5, 0.6) is 0 Å². The van der Waals surface area contributed by atoms with Crippen molar-refractivity contribution in [1.82, 2.24) is 25.5 Å². The van der Waals surface area contributed by atoms with E-state index in [-0.39, 0.29) is 17.0 Å². The van der Waals surface area contributed by atoms with Crippen LogP contribution in [0.3, 0.4) is 0 Å². The second-order valence-electron chi connectivity index (χ2n) is 5.81. The van der Waals surface area contributed by atoms with Crippen molar-refractivity contribution in [3.05, 3.63) is 41.5 Å². The van der Waals surface area contributed by atoms with Gasteiger partial charge in [0.2, 0.25) is 5.91 Å². The van der Waals surface area contributed by atoms with Gasteiger partial charge in [0, 0.05) is 6.08 Å². The summed E-state index contributed by atoms with van der Waals surface area (Å²) < 4.78 is 0. The smallest absolute Gasteiger partial charge is 0.269 e. The quantitative estimate of drug-likeness (QED) is 0.610. The van der Waals surface area contributed by atoms with Crippen molar-refractivity contribution in [2.45, 2.75) is 39.7 Å². The number of benzene rings is 1. The van der Waals surface area contributed by atoms with Crippen LogP contribution < -0.4 is 10.6 Å². The topological polar surface area (TPSA) is 84.7 Å². The van der Waals surface area contributed by atoms with Crippen molar-refractivity contribution in [3.63, 3.8) is 0 Å². The summed E-state index contributed by atoms with van der Waals surface area (Å²) in [6.07, 6.45) is 4.07. The third-order valence-corrected chi connectivity index (χ3v) is 3.57. The predicted molar refractivity (Wildman–Crippen MR) is 102 cm³/mol. The number of aromatic nitrogens is 4. The van der Waals surface area contributed by atoms with E-state index in [1.165, 1.54) is 16.4 Å². The highest BCUT2D eigenvalue weighted by Crippen LogP contribution is 2.15. The molecule has 0 unspecified atom stereocenters. The lowest BCUT2D eigenvalue weighted by atomic mass is 10.0. The second kappa shape index (κ2) is 9.03. The Hall–Kier alpha value is -2.61. The number of carbonyl (C=O) groups is 1. The fourth-order valence-corrected chi connectivity index (χ4v) is 2.23. The lowest BCUT2D eigenvalue weighted by molar-refractivity contribution is -0.115. The molecule has 0 atom stereocenters. The van der Waals surface area contributed by atoms with E-state index in [2.05, 4.69) is 52.0 Å². The van der Waals surface area contributed by atoms with E-state index in [4.69, 9.17) is 12.2 Å². The molecule has 2 N–H and O–H groups in total. The summed E-state index contributed by atoms with van der Waals surface area (Å²) in [6.45, 7) is 6.97. The van der Waals surface area contributed by atoms with Crippen molar-refractivity contribution in [3.8, 4) is 0 Å². The Kier molecular flexibility index (Phi) is 6.76. The standard InChI is InChI=1S/C17H22N6OS/c1-4-11-23-21-16(20-22-23)19-17(25)18-15(24)10-7-13-5-8-14(9-6-13)12(2)3/h5-10,12H,4,11H2,1-3H3,(H2,18,19,21,24,25). The molecule has 0 saturated heterocycles. The average Bonchev–Trinajstić information content (AvgIpc) is 3.00. The molecule has 1 aromatic heterocycles. The van der Waals surface area contributed by atoms with Crippen LogP contribution in [0.25, 0.3) is 6.08 Å². The molecule has 0 aliphatic heterocycles. The zero-order valence-electron chi connectivity index (χ0n) is 14.6. The number of nitrogens with zero attached hydrogens (tertiary/aromatic N) is 4. The van der Waals surface area contributed by atoms with Gasteiger partial charge < -0.3 is 0 Å². The zero-order chi connectivity index (χ0) is 18.2. The third-order valence-electron chi connectivity index (χ3n) is 3.37. The van der Waals surface area contributed by atoms with Gasteiger partial charge in [-0.15, -0.1) is 5.10 Å². The lowest BCUT2D eigenvalue weighted by Gasteiger charge is -2.05. The minimum atomic E-state index is -0.327. The Morgan fingerprint density at radius 2 is 2.04 bits per heavy atom. The van der Waals surface area contributed by atoms with Crippen molar-refractivity contribution < 1.29 is 4.79 Å². The Balaban J connectivity index is 1.84. The second-order valence-corrected chi connectivity index (χ2v) is 6.22. The summed E-state index contributed by atoms with van der Waals surface area (Å²) in [6, 6.07) is 8.07. The Bertz CT molecular complexity index is 751. The van der Waals surface area contributed by atoms with Gasteiger partial charge in [0.25, 0.3) is 5.95 Å². The molecule has 0 fully saturated rings. The van der Waals surface area contributed by atoms with Gasteiger partial charge >= 0.3 is 0 Å². The largest absolute Gasteiger partial charge is 0.299 e. The Labute approximate surface area is 152 Å². The first-order valence-electron chi connectivity index (χ1n) is 8.15. The maximum atomic E-state index is 11.9. The molecule has 7 nitrogen and oxygen atoms in total. The summed E-state index contributed by atoms with van der Waals surface area (Å²) >= 11 is 5.07. The summed E-state index contributed by atoms with van der Waals surface area (Å²) in [5.41, 5.74) is 2.21. The fraction of sp³-hybridized carbons (Fsp3) is 0.353. The van der Waals surface area contributed by atoms with E-state index in [0.29, 0.717) is 12.5 Å². The van der Waals surface area contributed by atoms with E-state index >= 15 is 0 Å². The molecule has 2 rings (SSSR count). The molecule has 0 saturated carbocycles. The first-order valence-corrected chi connectivity index (χ1v) is 8.56. The number of rotatable bonds is 6. The molecule has 0 bridgehead atoms. The number of hydrogen-bond donors (Lipinski definition) is 2. The zero-order valence-corrected chi connectivity index (χ0v) is 15.4. The molecule has 0 aliphatic carbocycles. The fourth-order valence-electron chi connectivity index (χ4n) is 2.04. The van der Waals surface area contributed by atoms with Crippen LogP contribution in [0.2, 0.25) is 0 Å². The molecule has 1 amide bonds. The van der Waals surface area contributed by atoms with Gasteiger partial charge in [-0.2, -0.15) is 4.80 Å². The lowest BCUT2D eigenvalue weighted by Crippen LogP contribution is -2.33. The minimum Gasteiger partial charge on any atom is -0.299 e. The Morgan fingerprint density at radius 3 is 2.68 bits per heavy atom. The van der Waals surface area contributed by atoms with Gasteiger partial charge in [-0.1, -0.05) is 50.1 Å². The van der Waals surface area contributed by atoms with Crippen LogP contribution in [0.1, 0.15) is 44.2 Å². The average molecular weight is 358 g/mol. The molecule has 132 valence electrons. The van der Waals surface area contributed by atoms with E-state index in [1.807, 2.05) is 19.1 Å². The van der Waals surface area contributed by atoms with Crippen molar-refractivity contribution in [2.24, 2.45) is 0 Å². The molecular weight excluding hydrogens is 336 g/mol. The van der Waals surface area contributed by atoms with Gasteiger partial charge in [0.15, 0.2) is 5.11 Å². The molecule has 2 aromatic rings. The van der Waals surface area contributed by atoms with Gasteiger partial charge in [-0.3, -0.25) is 15.4 Å². The normalized spacial score (nSPS) is 11.0. The predicted octanol–water partition coefficient (Wildman–Crippen LogP) is 2.73. The van der Waals surface area contributed by atoms with Crippen LogP contribution in [0, 0.1) is 0 Å². The molecule has 0 spiro atoms. The molecule has 25 heavy (non-hydrogen) atoms. The SMILES string of the molecule is CCCn1nnc(NC(=S)NC(=O)C=Cc2ccc(C(C)C)cc2)n1. The third kappa shape index (κ3) is 6.07. The molecule has 8 heteroatoms. The van der Waals surface area contributed by atoms with Crippen LogP contribution in [-0.4, -0.2) is 31.2 Å². The van der Waals surface area contributed by atoms with E-state index in [1.54, 1.807) is 6.08 Å². The molecule has 0 aliphatic rings. The number of hydrogen-bond acceptors (Lipinski definition) is 5. The van der Waals surface area contributed by atoms with Crippen LogP contribution in [-0.2, 0) is 11.3 Å². The molecular formula is C17H22N6OS. The molecule has 0 radical (unpaired) electrons. The number of carbonyl (C=O) groups excluding carboxylic acids is 1. The van der Waals surface area contributed by atoms with Gasteiger partial charge in [-0.05, 0) is 47.0 Å². The van der Waals surface area contributed by atoms with Gasteiger partial charge in [0.05, 0.1) is 6.54 Å². The minimum absolute atomic E-state index is 0.126. The number of amides is 1.